The van der Waals surface area contributed by atoms with Crippen molar-refractivity contribution in [1.82, 2.24) is 14.9 Å². The topological polar surface area (TPSA) is 89.5 Å². The SMILES string of the molecule is Cc1cc(C)nc(S(=O)(=O)CC2CCN(C(=O)OC(C)(C)C)CC2)n1. The van der Waals surface area contributed by atoms with Gasteiger partial charge >= 0.3 is 6.09 Å². The second-order valence-corrected chi connectivity index (χ2v) is 9.55. The van der Waals surface area contributed by atoms with Gasteiger partial charge in [0.05, 0.1) is 5.75 Å². The molecule has 0 radical (unpaired) electrons. The molecule has 0 aromatic carbocycles. The molecule has 0 unspecified atom stereocenters. The highest BCUT2D eigenvalue weighted by atomic mass is 32.2. The van der Waals surface area contributed by atoms with Gasteiger partial charge in [0.1, 0.15) is 5.60 Å². The molecule has 2 heterocycles. The van der Waals surface area contributed by atoms with Crippen LogP contribution in [0.1, 0.15) is 45.0 Å². The highest BCUT2D eigenvalue weighted by Crippen LogP contribution is 2.23. The molecule has 0 spiro atoms. The maximum atomic E-state index is 12.6. The Bertz CT molecular complexity index is 713. The molecule has 140 valence electrons. The van der Waals surface area contributed by atoms with Crippen molar-refractivity contribution in [1.29, 1.82) is 0 Å². The van der Waals surface area contributed by atoms with Gasteiger partial charge in [-0.05, 0) is 59.4 Å². The van der Waals surface area contributed by atoms with Gasteiger partial charge in [-0.1, -0.05) is 0 Å². The summed E-state index contributed by atoms with van der Waals surface area (Å²) in [5, 5.41) is -0.0976. The first-order valence-corrected chi connectivity index (χ1v) is 10.1. The lowest BCUT2D eigenvalue weighted by atomic mass is 9.99. The largest absolute Gasteiger partial charge is 0.444 e. The van der Waals surface area contributed by atoms with Crippen LogP contribution in [-0.4, -0.2) is 53.8 Å². The molecule has 0 N–H and O–H groups in total. The highest BCUT2D eigenvalue weighted by molar-refractivity contribution is 7.91. The second-order valence-electron chi connectivity index (χ2n) is 7.63. The normalized spacial score (nSPS) is 16.8. The second kappa shape index (κ2) is 7.27. The molecule has 1 aromatic heterocycles. The minimum atomic E-state index is -3.53. The monoisotopic (exact) mass is 369 g/mol. The summed E-state index contributed by atoms with van der Waals surface area (Å²) in [4.78, 5) is 21.9. The van der Waals surface area contributed by atoms with Gasteiger partial charge in [0.2, 0.25) is 15.0 Å². The number of amides is 1. The number of aryl methyl sites for hydroxylation is 2. The van der Waals surface area contributed by atoms with E-state index in [1.54, 1.807) is 24.8 Å². The number of hydrogen-bond acceptors (Lipinski definition) is 6. The average molecular weight is 369 g/mol. The van der Waals surface area contributed by atoms with E-state index in [-0.39, 0.29) is 22.9 Å². The maximum absolute atomic E-state index is 12.6. The van der Waals surface area contributed by atoms with Crippen molar-refractivity contribution in [2.24, 2.45) is 5.92 Å². The zero-order valence-corrected chi connectivity index (χ0v) is 16.4. The van der Waals surface area contributed by atoms with Gasteiger partial charge in [-0.15, -0.1) is 0 Å². The molecule has 0 atom stereocenters. The number of carbonyl (C=O) groups is 1. The number of aromatic nitrogens is 2. The van der Waals surface area contributed by atoms with Gasteiger partial charge in [0.25, 0.3) is 0 Å². The quantitative estimate of drug-likeness (QED) is 0.761. The lowest BCUT2D eigenvalue weighted by molar-refractivity contribution is 0.0191. The molecular weight excluding hydrogens is 342 g/mol. The fraction of sp³-hybridized carbons (Fsp3) is 0.706. The number of likely N-dealkylation sites (tertiary alicyclic amines) is 1. The van der Waals surface area contributed by atoms with E-state index in [4.69, 9.17) is 4.74 Å². The van der Waals surface area contributed by atoms with Crippen molar-refractivity contribution in [2.75, 3.05) is 18.8 Å². The number of sulfone groups is 1. The molecule has 8 heteroatoms. The predicted octanol–water partition coefficient (Wildman–Crippen LogP) is 2.51. The van der Waals surface area contributed by atoms with Crippen molar-refractivity contribution >= 4 is 15.9 Å². The van der Waals surface area contributed by atoms with E-state index in [0.29, 0.717) is 37.3 Å². The van der Waals surface area contributed by atoms with Gasteiger partial charge in [0, 0.05) is 24.5 Å². The lowest BCUT2D eigenvalue weighted by Crippen LogP contribution is -2.42. The third kappa shape index (κ3) is 5.66. The van der Waals surface area contributed by atoms with E-state index in [1.807, 2.05) is 20.8 Å². The van der Waals surface area contributed by atoms with Crippen molar-refractivity contribution in [3.8, 4) is 0 Å². The average Bonchev–Trinajstić information content (AvgIpc) is 2.44. The summed E-state index contributed by atoms with van der Waals surface area (Å²) in [6, 6.07) is 1.75. The van der Waals surface area contributed by atoms with Gasteiger partial charge in [-0.25, -0.2) is 23.2 Å². The van der Waals surface area contributed by atoms with Crippen LogP contribution >= 0.6 is 0 Å². The number of piperidine rings is 1. The summed E-state index contributed by atoms with van der Waals surface area (Å²) in [5.74, 6) is 0.00557. The van der Waals surface area contributed by atoms with E-state index in [9.17, 15) is 13.2 Å². The van der Waals surface area contributed by atoms with Gasteiger partial charge in [-0.2, -0.15) is 0 Å². The Morgan fingerprint density at radius 3 is 2.20 bits per heavy atom. The molecule has 7 nitrogen and oxygen atoms in total. The number of rotatable bonds is 3. The summed E-state index contributed by atoms with van der Waals surface area (Å²) in [6.45, 7) is 10.0. The predicted molar refractivity (Wildman–Crippen MR) is 94.1 cm³/mol. The van der Waals surface area contributed by atoms with E-state index in [2.05, 4.69) is 9.97 Å². The molecule has 2 rings (SSSR count). The molecule has 25 heavy (non-hydrogen) atoms. The van der Waals surface area contributed by atoms with Crippen LogP contribution in [0.25, 0.3) is 0 Å². The number of ether oxygens (including phenoxy) is 1. The molecule has 1 aliphatic rings. The molecule has 1 amide bonds. The first-order valence-electron chi connectivity index (χ1n) is 8.49. The first-order chi connectivity index (χ1) is 11.5. The Morgan fingerprint density at radius 2 is 1.72 bits per heavy atom. The molecule has 1 aliphatic heterocycles. The zero-order chi connectivity index (χ0) is 18.8. The summed E-state index contributed by atoms with van der Waals surface area (Å²) >= 11 is 0. The molecule has 1 saturated heterocycles. The maximum Gasteiger partial charge on any atom is 0.410 e. The molecule has 1 fully saturated rings. The van der Waals surface area contributed by atoms with Crippen molar-refractivity contribution in [2.45, 2.75) is 58.2 Å². The molecule has 0 saturated carbocycles. The van der Waals surface area contributed by atoms with E-state index in [0.717, 1.165) is 0 Å². The van der Waals surface area contributed by atoms with E-state index in [1.165, 1.54) is 0 Å². The first kappa shape index (κ1) is 19.6. The van der Waals surface area contributed by atoms with E-state index < -0.39 is 15.4 Å². The summed E-state index contributed by atoms with van der Waals surface area (Å²) in [7, 11) is -3.53. The minimum absolute atomic E-state index is 0.00638. The Kier molecular flexibility index (Phi) is 5.71. The molecular formula is C17H27N3O4S. The van der Waals surface area contributed by atoms with Crippen LogP contribution < -0.4 is 0 Å². The lowest BCUT2D eigenvalue weighted by Gasteiger charge is -2.33. The summed E-state index contributed by atoms with van der Waals surface area (Å²) in [6.07, 6.45) is 0.915. The van der Waals surface area contributed by atoms with Crippen LogP contribution in [0.15, 0.2) is 11.2 Å². The summed E-state index contributed by atoms with van der Waals surface area (Å²) in [5.41, 5.74) is 0.758. The van der Waals surface area contributed by atoms with Crippen LogP contribution in [-0.2, 0) is 14.6 Å². The Morgan fingerprint density at radius 1 is 1.20 bits per heavy atom. The molecule has 0 aliphatic carbocycles. The van der Waals surface area contributed by atoms with Crippen LogP contribution in [0.5, 0.6) is 0 Å². The Balaban J connectivity index is 1.96. The number of nitrogens with zero attached hydrogens (tertiary/aromatic N) is 3. The number of hydrogen-bond donors (Lipinski definition) is 0. The third-order valence-corrected chi connectivity index (χ3v) is 5.61. The Labute approximate surface area is 149 Å². The van der Waals surface area contributed by atoms with E-state index >= 15 is 0 Å². The molecule has 1 aromatic rings. The van der Waals surface area contributed by atoms with Crippen LogP contribution in [0.3, 0.4) is 0 Å². The third-order valence-electron chi connectivity index (χ3n) is 3.96. The highest BCUT2D eigenvalue weighted by Gasteiger charge is 2.30. The number of carbonyl (C=O) groups excluding carboxylic acids is 1. The Hall–Kier alpha value is -1.70. The smallest absolute Gasteiger partial charge is 0.410 e. The fourth-order valence-electron chi connectivity index (χ4n) is 2.83. The van der Waals surface area contributed by atoms with Gasteiger partial charge in [-0.3, -0.25) is 0 Å². The van der Waals surface area contributed by atoms with Gasteiger partial charge < -0.3 is 9.64 Å². The standard InChI is InChI=1S/C17H27N3O4S/c1-12-10-13(2)19-15(18-12)25(22,23)11-14-6-8-20(9-7-14)16(21)24-17(3,4)5/h10,14H,6-9,11H2,1-5H3. The van der Waals surface area contributed by atoms with Crippen LogP contribution in [0, 0.1) is 19.8 Å². The molecule has 0 bridgehead atoms. The van der Waals surface area contributed by atoms with Crippen molar-refractivity contribution < 1.29 is 17.9 Å². The zero-order valence-electron chi connectivity index (χ0n) is 15.6. The summed E-state index contributed by atoms with van der Waals surface area (Å²) < 4.78 is 30.5. The van der Waals surface area contributed by atoms with Crippen molar-refractivity contribution in [3.63, 3.8) is 0 Å². The van der Waals surface area contributed by atoms with Crippen LogP contribution in [0.4, 0.5) is 4.79 Å². The van der Waals surface area contributed by atoms with Crippen LogP contribution in [0.2, 0.25) is 0 Å². The minimum Gasteiger partial charge on any atom is -0.444 e. The fourth-order valence-corrected chi connectivity index (χ4v) is 4.50. The van der Waals surface area contributed by atoms with Crippen molar-refractivity contribution in [3.05, 3.63) is 17.5 Å². The van der Waals surface area contributed by atoms with Gasteiger partial charge in [0.15, 0.2) is 0 Å².